The maximum Gasteiger partial charge on any atom is 0.243 e. The van der Waals surface area contributed by atoms with Gasteiger partial charge in [0.15, 0.2) is 0 Å². The lowest BCUT2D eigenvalue weighted by molar-refractivity contribution is -0.127. The predicted octanol–water partition coefficient (Wildman–Crippen LogP) is 0.692. The molecule has 0 radical (unpaired) electrons. The first kappa shape index (κ1) is 16.8. The van der Waals surface area contributed by atoms with Gasteiger partial charge in [0.05, 0.1) is 0 Å². The molecule has 1 rings (SSSR count). The van der Waals surface area contributed by atoms with Gasteiger partial charge in [-0.05, 0) is 0 Å². The van der Waals surface area contributed by atoms with Crippen LogP contribution < -0.4 is 15.8 Å². The van der Waals surface area contributed by atoms with E-state index in [4.69, 9.17) is 0 Å². The van der Waals surface area contributed by atoms with Crippen molar-refractivity contribution in [3.05, 3.63) is 30.3 Å². The van der Waals surface area contributed by atoms with E-state index in [1.807, 2.05) is 18.2 Å². The van der Waals surface area contributed by atoms with Crippen LogP contribution >= 0.6 is 12.6 Å². The van der Waals surface area contributed by atoms with Crippen molar-refractivity contribution in [2.45, 2.75) is 26.1 Å². The highest BCUT2D eigenvalue weighted by Crippen LogP contribution is 2.02. The fraction of sp³-hybridized carbons (Fsp3) is 0.429. The van der Waals surface area contributed by atoms with Gasteiger partial charge >= 0.3 is 0 Å². The number of carbonyl (C=O) groups is 2. The summed E-state index contributed by atoms with van der Waals surface area (Å²) in [5.41, 5.74) is 0. The van der Waals surface area contributed by atoms with Gasteiger partial charge in [0, 0.05) is 18.8 Å². The van der Waals surface area contributed by atoms with Crippen LogP contribution in [0.1, 0.15) is 6.92 Å². The number of benzene rings is 1. The van der Waals surface area contributed by atoms with Crippen molar-refractivity contribution in [2.75, 3.05) is 11.9 Å². The number of amides is 2. The van der Waals surface area contributed by atoms with E-state index in [-0.39, 0.29) is 11.8 Å². The summed E-state index contributed by atoms with van der Waals surface area (Å²) in [5, 5.41) is 6.82. The van der Waals surface area contributed by atoms with Crippen molar-refractivity contribution in [2.24, 2.45) is 0 Å². The van der Waals surface area contributed by atoms with Gasteiger partial charge in [-0.25, -0.2) is 0 Å². The quantitative estimate of drug-likeness (QED) is 0.535. The molecule has 1 atom stereocenters. The molecule has 0 aliphatic heterocycles. The standard InChI is InChI=1S/C14H22N2O2SSi/c1-11(17)16-13(9-19)14(18)15-10-20(2,3)12-7-5-4-6-8-12/h4-8,13,19H,9-10H2,1-3H3,(H,15,18)(H,16,17). The summed E-state index contributed by atoms with van der Waals surface area (Å²) in [5.74, 6) is -0.107. The lowest BCUT2D eigenvalue weighted by Crippen LogP contribution is -2.55. The highest BCUT2D eigenvalue weighted by molar-refractivity contribution is 7.80. The van der Waals surface area contributed by atoms with E-state index >= 15 is 0 Å². The lowest BCUT2D eigenvalue weighted by Gasteiger charge is -2.25. The molecular weight excluding hydrogens is 288 g/mol. The Balaban J connectivity index is 2.61. The van der Waals surface area contributed by atoms with Crippen molar-refractivity contribution < 1.29 is 9.59 Å². The van der Waals surface area contributed by atoms with E-state index in [1.165, 1.54) is 12.1 Å². The molecule has 0 aromatic heterocycles. The van der Waals surface area contributed by atoms with Crippen LogP contribution in [0.25, 0.3) is 0 Å². The van der Waals surface area contributed by atoms with Crippen LogP contribution in [0.5, 0.6) is 0 Å². The minimum Gasteiger partial charge on any atom is -0.357 e. The topological polar surface area (TPSA) is 58.2 Å². The van der Waals surface area contributed by atoms with Crippen LogP contribution in [-0.4, -0.2) is 37.9 Å². The van der Waals surface area contributed by atoms with E-state index in [0.717, 1.165) is 0 Å². The fourth-order valence-corrected chi connectivity index (χ4v) is 4.03. The number of thiol groups is 1. The molecule has 1 aromatic rings. The van der Waals surface area contributed by atoms with E-state index in [1.54, 1.807) is 0 Å². The average molecular weight is 310 g/mol. The Morgan fingerprint density at radius 3 is 2.35 bits per heavy atom. The molecule has 0 aliphatic carbocycles. The van der Waals surface area contributed by atoms with Gasteiger partial charge in [-0.3, -0.25) is 9.59 Å². The maximum atomic E-state index is 12.0. The third kappa shape index (κ3) is 5.01. The summed E-state index contributed by atoms with van der Waals surface area (Å²) >= 11 is 4.10. The van der Waals surface area contributed by atoms with Gasteiger partial charge in [-0.2, -0.15) is 12.6 Å². The Labute approximate surface area is 126 Å². The van der Waals surface area contributed by atoms with Gasteiger partial charge in [0.1, 0.15) is 14.1 Å². The molecule has 110 valence electrons. The van der Waals surface area contributed by atoms with Crippen LogP contribution in [0.3, 0.4) is 0 Å². The summed E-state index contributed by atoms with van der Waals surface area (Å²) < 4.78 is 0. The van der Waals surface area contributed by atoms with E-state index in [9.17, 15) is 9.59 Å². The Bertz CT molecular complexity index is 466. The van der Waals surface area contributed by atoms with Gasteiger partial charge in [-0.15, -0.1) is 0 Å². The normalized spacial score (nSPS) is 12.6. The number of rotatable bonds is 6. The Kier molecular flexibility index (Phi) is 6.29. The Hall–Kier alpha value is -1.27. The Morgan fingerprint density at radius 1 is 1.25 bits per heavy atom. The zero-order chi connectivity index (χ0) is 15.2. The summed E-state index contributed by atoms with van der Waals surface area (Å²) in [4.78, 5) is 23.1. The first-order valence-corrected chi connectivity index (χ1v) is 10.4. The zero-order valence-corrected chi connectivity index (χ0v) is 14.0. The van der Waals surface area contributed by atoms with E-state index in [2.05, 4.69) is 48.5 Å². The number of nitrogens with one attached hydrogen (secondary N) is 2. The summed E-state index contributed by atoms with van der Waals surface area (Å²) in [7, 11) is -1.71. The molecule has 0 saturated carbocycles. The highest BCUT2D eigenvalue weighted by atomic mass is 32.1. The molecule has 0 saturated heterocycles. The third-order valence-electron chi connectivity index (χ3n) is 3.14. The second-order valence-electron chi connectivity index (χ2n) is 5.40. The minimum atomic E-state index is -1.71. The highest BCUT2D eigenvalue weighted by Gasteiger charge is 2.26. The largest absolute Gasteiger partial charge is 0.357 e. The number of carbonyl (C=O) groups excluding carboxylic acids is 2. The van der Waals surface area contributed by atoms with Crippen LogP contribution in [0.15, 0.2) is 30.3 Å². The average Bonchev–Trinajstić information content (AvgIpc) is 2.43. The van der Waals surface area contributed by atoms with Crippen molar-refractivity contribution in [3.63, 3.8) is 0 Å². The molecule has 6 heteroatoms. The monoisotopic (exact) mass is 310 g/mol. The molecule has 0 aliphatic rings. The first-order valence-electron chi connectivity index (χ1n) is 6.58. The van der Waals surface area contributed by atoms with Gasteiger partial charge < -0.3 is 10.6 Å². The van der Waals surface area contributed by atoms with E-state index < -0.39 is 14.1 Å². The van der Waals surface area contributed by atoms with Crippen LogP contribution in [0.4, 0.5) is 0 Å². The first-order chi connectivity index (χ1) is 9.36. The zero-order valence-electron chi connectivity index (χ0n) is 12.1. The second-order valence-corrected chi connectivity index (χ2v) is 10.5. The van der Waals surface area contributed by atoms with Crippen molar-refractivity contribution in [3.8, 4) is 0 Å². The summed E-state index contributed by atoms with van der Waals surface area (Å²) in [6, 6.07) is 9.64. The molecule has 1 aromatic carbocycles. The smallest absolute Gasteiger partial charge is 0.243 e. The van der Waals surface area contributed by atoms with Crippen molar-refractivity contribution in [1.29, 1.82) is 0 Å². The molecule has 0 spiro atoms. The maximum absolute atomic E-state index is 12.0. The van der Waals surface area contributed by atoms with Crippen molar-refractivity contribution in [1.82, 2.24) is 10.6 Å². The predicted molar refractivity (Wildman–Crippen MR) is 88.0 cm³/mol. The molecule has 1 unspecified atom stereocenters. The molecule has 20 heavy (non-hydrogen) atoms. The molecule has 0 heterocycles. The lowest BCUT2D eigenvalue weighted by atomic mass is 10.3. The third-order valence-corrected chi connectivity index (χ3v) is 6.46. The molecule has 4 nitrogen and oxygen atoms in total. The van der Waals surface area contributed by atoms with Crippen LogP contribution in [0, 0.1) is 0 Å². The second kappa shape index (κ2) is 7.49. The molecule has 0 fully saturated rings. The number of hydrogen-bond acceptors (Lipinski definition) is 3. The van der Waals surface area contributed by atoms with Gasteiger partial charge in [-0.1, -0.05) is 48.6 Å². The van der Waals surface area contributed by atoms with Crippen LogP contribution in [0.2, 0.25) is 13.1 Å². The molecule has 0 bridgehead atoms. The number of hydrogen-bond donors (Lipinski definition) is 3. The fourth-order valence-electron chi connectivity index (χ4n) is 1.86. The summed E-state index contributed by atoms with van der Waals surface area (Å²) in [6.07, 6.45) is 0.639. The molecular formula is C14H22N2O2SSi. The molecule has 2 N–H and O–H groups in total. The van der Waals surface area contributed by atoms with Gasteiger partial charge in [0.2, 0.25) is 11.8 Å². The van der Waals surface area contributed by atoms with Crippen LogP contribution in [-0.2, 0) is 9.59 Å². The molecule has 2 amide bonds. The van der Waals surface area contributed by atoms with Gasteiger partial charge in [0.25, 0.3) is 0 Å². The van der Waals surface area contributed by atoms with Crippen molar-refractivity contribution >= 4 is 37.7 Å². The SMILES string of the molecule is CC(=O)NC(CS)C(=O)NC[Si](C)(C)c1ccccc1. The summed E-state index contributed by atoms with van der Waals surface area (Å²) in [6.45, 7) is 5.81. The Morgan fingerprint density at radius 2 is 1.85 bits per heavy atom. The van der Waals surface area contributed by atoms with E-state index in [0.29, 0.717) is 11.9 Å². The minimum absolute atomic E-state index is 0.174.